The average molecular weight is 204 g/mol. The summed E-state index contributed by atoms with van der Waals surface area (Å²) in [6.45, 7) is 2.05. The minimum atomic E-state index is -1.42. The molecule has 4 nitrogen and oxygen atoms in total. The third-order valence-electron chi connectivity index (χ3n) is 2.59. The molecular weight excluding hydrogens is 191 g/mol. The highest BCUT2D eigenvalue weighted by Crippen LogP contribution is 2.16. The van der Waals surface area contributed by atoms with E-state index in [0.717, 1.165) is 23.0 Å². The minimum Gasteiger partial charge on any atom is -0.423 e. The quantitative estimate of drug-likeness (QED) is 0.667. The summed E-state index contributed by atoms with van der Waals surface area (Å²) in [6, 6.07) is 5.36. The Kier molecular flexibility index (Phi) is 2.50. The molecule has 15 heavy (non-hydrogen) atoms. The van der Waals surface area contributed by atoms with Crippen LogP contribution in [0.5, 0.6) is 0 Å². The van der Waals surface area contributed by atoms with Crippen LogP contribution in [-0.4, -0.2) is 26.9 Å². The summed E-state index contributed by atoms with van der Waals surface area (Å²) in [5.41, 5.74) is 2.46. The van der Waals surface area contributed by atoms with Gasteiger partial charge in [0.15, 0.2) is 0 Å². The Hall–Kier alpha value is -1.33. The van der Waals surface area contributed by atoms with Crippen LogP contribution >= 0.6 is 0 Å². The van der Waals surface area contributed by atoms with Crippen molar-refractivity contribution in [2.24, 2.45) is 7.05 Å². The summed E-state index contributed by atoms with van der Waals surface area (Å²) < 4.78 is 1.76. The van der Waals surface area contributed by atoms with Crippen molar-refractivity contribution in [2.75, 3.05) is 0 Å². The SMILES string of the molecule is CCc1nn(C)c2cc(B(O)O)ccc12. The van der Waals surface area contributed by atoms with Crippen molar-refractivity contribution in [2.45, 2.75) is 13.3 Å². The Labute approximate surface area is 88.3 Å². The molecule has 0 aliphatic heterocycles. The molecule has 0 amide bonds. The highest BCUT2D eigenvalue weighted by Gasteiger charge is 2.14. The molecule has 1 heterocycles. The maximum atomic E-state index is 9.06. The number of benzene rings is 1. The molecule has 1 aromatic carbocycles. The second-order valence-electron chi connectivity index (χ2n) is 3.57. The maximum absolute atomic E-state index is 9.06. The lowest BCUT2D eigenvalue weighted by molar-refractivity contribution is 0.426. The number of hydrogen-bond donors (Lipinski definition) is 2. The summed E-state index contributed by atoms with van der Waals surface area (Å²) in [4.78, 5) is 0. The molecule has 0 saturated heterocycles. The Balaban J connectivity index is 2.66. The van der Waals surface area contributed by atoms with Crippen molar-refractivity contribution in [3.8, 4) is 0 Å². The molecular formula is C10H13BN2O2. The van der Waals surface area contributed by atoms with Gasteiger partial charge in [0.1, 0.15) is 0 Å². The predicted molar refractivity (Wildman–Crippen MR) is 59.9 cm³/mol. The minimum absolute atomic E-state index is 0.494. The van der Waals surface area contributed by atoms with E-state index in [2.05, 4.69) is 12.0 Å². The van der Waals surface area contributed by atoms with Gasteiger partial charge in [0.2, 0.25) is 0 Å². The van der Waals surface area contributed by atoms with Gasteiger partial charge in [0, 0.05) is 12.4 Å². The number of fused-ring (bicyclic) bond motifs is 1. The smallest absolute Gasteiger partial charge is 0.423 e. The second-order valence-corrected chi connectivity index (χ2v) is 3.57. The lowest BCUT2D eigenvalue weighted by Crippen LogP contribution is -2.29. The van der Waals surface area contributed by atoms with Crippen LogP contribution in [0.3, 0.4) is 0 Å². The first kappa shape index (κ1) is 10.2. The van der Waals surface area contributed by atoms with Crippen LogP contribution in [0.1, 0.15) is 12.6 Å². The molecule has 0 bridgehead atoms. The average Bonchev–Trinajstić information content (AvgIpc) is 2.55. The first-order valence-corrected chi connectivity index (χ1v) is 4.95. The largest absolute Gasteiger partial charge is 0.488 e. The summed E-state index contributed by atoms with van der Waals surface area (Å²) >= 11 is 0. The fourth-order valence-electron chi connectivity index (χ4n) is 1.77. The molecule has 1 aromatic heterocycles. The zero-order valence-corrected chi connectivity index (χ0v) is 8.81. The van der Waals surface area contributed by atoms with Gasteiger partial charge in [-0.15, -0.1) is 0 Å². The zero-order valence-electron chi connectivity index (χ0n) is 8.81. The Bertz CT molecular complexity index is 493. The fraction of sp³-hybridized carbons (Fsp3) is 0.300. The molecule has 5 heteroatoms. The standard InChI is InChI=1S/C10H13BN2O2/c1-3-9-8-5-4-7(11(14)15)6-10(8)13(2)12-9/h4-6,14-15H,3H2,1-2H3. The van der Waals surface area contributed by atoms with Crippen LogP contribution in [0.25, 0.3) is 10.9 Å². The van der Waals surface area contributed by atoms with E-state index in [-0.39, 0.29) is 0 Å². The van der Waals surface area contributed by atoms with Crippen molar-refractivity contribution in [3.05, 3.63) is 23.9 Å². The summed E-state index contributed by atoms with van der Waals surface area (Å²) in [5.74, 6) is 0. The van der Waals surface area contributed by atoms with Crippen LogP contribution in [0, 0.1) is 0 Å². The molecule has 78 valence electrons. The Morgan fingerprint density at radius 2 is 2.13 bits per heavy atom. The Morgan fingerprint density at radius 3 is 2.73 bits per heavy atom. The van der Waals surface area contributed by atoms with Gasteiger partial charge < -0.3 is 10.0 Å². The van der Waals surface area contributed by atoms with Crippen LogP contribution in [0.15, 0.2) is 18.2 Å². The van der Waals surface area contributed by atoms with Gasteiger partial charge in [-0.05, 0) is 17.9 Å². The molecule has 0 aliphatic rings. The molecule has 2 aromatic rings. The monoisotopic (exact) mass is 204 g/mol. The van der Waals surface area contributed by atoms with E-state index in [4.69, 9.17) is 10.0 Å². The van der Waals surface area contributed by atoms with Crippen molar-refractivity contribution in [1.29, 1.82) is 0 Å². The van der Waals surface area contributed by atoms with E-state index < -0.39 is 7.12 Å². The summed E-state index contributed by atoms with van der Waals surface area (Å²) in [7, 11) is 0.434. The van der Waals surface area contributed by atoms with Crippen LogP contribution in [0.4, 0.5) is 0 Å². The summed E-state index contributed by atoms with van der Waals surface area (Å²) in [5, 5.41) is 23.6. The molecule has 2 rings (SSSR count). The van der Waals surface area contributed by atoms with Gasteiger partial charge in [-0.2, -0.15) is 5.10 Å². The van der Waals surface area contributed by atoms with Crippen molar-refractivity contribution in [1.82, 2.24) is 9.78 Å². The van der Waals surface area contributed by atoms with E-state index in [9.17, 15) is 0 Å². The van der Waals surface area contributed by atoms with Gasteiger partial charge in [0.25, 0.3) is 0 Å². The number of nitrogens with zero attached hydrogens (tertiary/aromatic N) is 2. The normalized spacial score (nSPS) is 10.9. The maximum Gasteiger partial charge on any atom is 0.488 e. The van der Waals surface area contributed by atoms with E-state index >= 15 is 0 Å². The van der Waals surface area contributed by atoms with E-state index in [0.29, 0.717) is 5.46 Å². The number of hydrogen-bond acceptors (Lipinski definition) is 3. The van der Waals surface area contributed by atoms with Gasteiger partial charge in [0.05, 0.1) is 11.2 Å². The number of aromatic nitrogens is 2. The molecule has 2 N–H and O–H groups in total. The van der Waals surface area contributed by atoms with Crippen molar-refractivity contribution >= 4 is 23.5 Å². The molecule has 0 saturated carbocycles. The van der Waals surface area contributed by atoms with Crippen LogP contribution < -0.4 is 5.46 Å². The third kappa shape index (κ3) is 1.64. The molecule has 0 unspecified atom stereocenters. The van der Waals surface area contributed by atoms with E-state index in [1.165, 1.54) is 0 Å². The van der Waals surface area contributed by atoms with Gasteiger partial charge in [-0.1, -0.05) is 19.1 Å². The highest BCUT2D eigenvalue weighted by molar-refractivity contribution is 6.58. The van der Waals surface area contributed by atoms with Crippen LogP contribution in [-0.2, 0) is 13.5 Å². The lowest BCUT2D eigenvalue weighted by Gasteiger charge is -2.00. The summed E-state index contributed by atoms with van der Waals surface area (Å²) in [6.07, 6.45) is 0.873. The van der Waals surface area contributed by atoms with Gasteiger partial charge in [-0.3, -0.25) is 4.68 Å². The van der Waals surface area contributed by atoms with Crippen molar-refractivity contribution < 1.29 is 10.0 Å². The Morgan fingerprint density at radius 1 is 1.40 bits per heavy atom. The molecule has 0 fully saturated rings. The first-order chi connectivity index (χ1) is 7.13. The first-order valence-electron chi connectivity index (χ1n) is 4.95. The van der Waals surface area contributed by atoms with E-state index in [1.807, 2.05) is 13.1 Å². The van der Waals surface area contributed by atoms with Gasteiger partial charge in [-0.25, -0.2) is 0 Å². The van der Waals surface area contributed by atoms with Crippen molar-refractivity contribution in [3.63, 3.8) is 0 Å². The zero-order chi connectivity index (χ0) is 11.0. The second kappa shape index (κ2) is 3.68. The highest BCUT2D eigenvalue weighted by atomic mass is 16.4. The topological polar surface area (TPSA) is 58.3 Å². The van der Waals surface area contributed by atoms with Gasteiger partial charge >= 0.3 is 7.12 Å². The van der Waals surface area contributed by atoms with E-state index in [1.54, 1.807) is 16.8 Å². The molecule has 0 radical (unpaired) electrons. The van der Waals surface area contributed by atoms with Crippen LogP contribution in [0.2, 0.25) is 0 Å². The number of rotatable bonds is 2. The lowest BCUT2D eigenvalue weighted by atomic mass is 9.80. The predicted octanol–water partition coefficient (Wildman–Crippen LogP) is -0.184. The fourth-order valence-corrected chi connectivity index (χ4v) is 1.77. The molecule has 0 spiro atoms. The third-order valence-corrected chi connectivity index (χ3v) is 2.59. The number of aryl methyl sites for hydroxylation is 2. The molecule has 0 atom stereocenters. The molecule has 0 aliphatic carbocycles.